The average molecular weight is 442 g/mol. The first-order valence-electron chi connectivity index (χ1n) is 8.36. The maximum Gasteiger partial charge on any atom is 0.191 e. The number of thioether (sulfide) groups is 1. The molecule has 132 valence electrons. The van der Waals surface area contributed by atoms with Crippen LogP contribution in [0.2, 0.25) is 0 Å². The summed E-state index contributed by atoms with van der Waals surface area (Å²) >= 11 is 1.85. The zero-order chi connectivity index (χ0) is 15.5. The highest BCUT2D eigenvalue weighted by Gasteiger charge is 2.22. The van der Waals surface area contributed by atoms with Crippen LogP contribution in [0.3, 0.4) is 0 Å². The third-order valence-electron chi connectivity index (χ3n) is 4.18. The van der Waals surface area contributed by atoms with Crippen LogP contribution in [0, 0.1) is 5.92 Å². The molecule has 6 heteroatoms. The lowest BCUT2D eigenvalue weighted by Crippen LogP contribution is -2.50. The van der Waals surface area contributed by atoms with Gasteiger partial charge in [-0.25, -0.2) is 0 Å². The Kier molecular flexibility index (Phi) is 13.9. The van der Waals surface area contributed by atoms with E-state index in [2.05, 4.69) is 40.6 Å². The van der Waals surface area contributed by atoms with Gasteiger partial charge in [0.15, 0.2) is 5.96 Å². The van der Waals surface area contributed by atoms with Crippen LogP contribution in [-0.4, -0.2) is 62.1 Å². The van der Waals surface area contributed by atoms with Gasteiger partial charge in [-0.2, -0.15) is 11.8 Å². The average Bonchev–Trinajstić information content (AvgIpc) is 2.74. The van der Waals surface area contributed by atoms with E-state index in [0.29, 0.717) is 12.0 Å². The summed E-state index contributed by atoms with van der Waals surface area (Å²) in [5.41, 5.74) is 0. The van der Waals surface area contributed by atoms with Gasteiger partial charge in [0.25, 0.3) is 0 Å². The summed E-state index contributed by atoms with van der Waals surface area (Å²) in [6.45, 7) is 9.13. The fourth-order valence-corrected chi connectivity index (χ4v) is 3.21. The quantitative estimate of drug-likeness (QED) is 0.275. The van der Waals surface area contributed by atoms with Gasteiger partial charge in [0.05, 0.1) is 0 Å². The molecular weight excluding hydrogens is 407 g/mol. The summed E-state index contributed by atoms with van der Waals surface area (Å²) in [5, 5.41) is 6.89. The molecule has 0 radical (unpaired) electrons. The molecular formula is C16H35IN4S. The van der Waals surface area contributed by atoms with Gasteiger partial charge in [0.2, 0.25) is 0 Å². The molecule has 22 heavy (non-hydrogen) atoms. The molecule has 0 aliphatic carbocycles. The Balaban J connectivity index is 0.00000441. The molecule has 1 rings (SSSR count). The normalized spacial score (nSPS) is 18.5. The topological polar surface area (TPSA) is 39.7 Å². The van der Waals surface area contributed by atoms with Gasteiger partial charge in [0, 0.05) is 31.9 Å². The van der Waals surface area contributed by atoms with Crippen molar-refractivity contribution in [3.05, 3.63) is 0 Å². The minimum absolute atomic E-state index is 0. The molecule has 0 spiro atoms. The van der Waals surface area contributed by atoms with Crippen molar-refractivity contribution in [1.29, 1.82) is 0 Å². The molecule has 1 saturated heterocycles. The lowest BCUT2D eigenvalue weighted by molar-refractivity contribution is 0.161. The number of guanidine groups is 1. The standard InChI is InChI=1S/C16H34N4S.HI/c1-14(2)15(20-10-7-5-6-8-11-20)13-19-16(17-3)18-9-12-21-4;/h14-15H,5-13H2,1-4H3,(H2,17,18,19);1H. The molecule has 1 heterocycles. The van der Waals surface area contributed by atoms with E-state index in [0.717, 1.165) is 24.8 Å². The van der Waals surface area contributed by atoms with Crippen LogP contribution < -0.4 is 10.6 Å². The molecule has 0 bridgehead atoms. The van der Waals surface area contributed by atoms with Crippen LogP contribution in [0.15, 0.2) is 4.99 Å². The molecule has 0 aromatic heterocycles. The van der Waals surface area contributed by atoms with E-state index in [4.69, 9.17) is 0 Å². The Labute approximate surface area is 158 Å². The predicted octanol–water partition coefficient (Wildman–Crippen LogP) is 3.03. The van der Waals surface area contributed by atoms with Gasteiger partial charge < -0.3 is 10.6 Å². The third-order valence-corrected chi connectivity index (χ3v) is 4.79. The molecule has 0 aromatic rings. The van der Waals surface area contributed by atoms with E-state index < -0.39 is 0 Å². The molecule has 1 fully saturated rings. The molecule has 2 N–H and O–H groups in total. The second kappa shape index (κ2) is 13.7. The van der Waals surface area contributed by atoms with E-state index in [1.165, 1.54) is 38.8 Å². The van der Waals surface area contributed by atoms with Crippen LogP contribution in [0.4, 0.5) is 0 Å². The van der Waals surface area contributed by atoms with Crippen LogP contribution >= 0.6 is 35.7 Å². The van der Waals surface area contributed by atoms with Crippen LogP contribution in [0.5, 0.6) is 0 Å². The Morgan fingerprint density at radius 2 is 1.77 bits per heavy atom. The minimum atomic E-state index is 0. The molecule has 1 unspecified atom stereocenters. The van der Waals surface area contributed by atoms with Crippen molar-refractivity contribution < 1.29 is 0 Å². The van der Waals surface area contributed by atoms with Crippen LogP contribution in [0.1, 0.15) is 39.5 Å². The zero-order valence-corrected chi connectivity index (χ0v) is 17.9. The van der Waals surface area contributed by atoms with Gasteiger partial charge in [0.1, 0.15) is 0 Å². The molecule has 0 saturated carbocycles. The molecule has 1 atom stereocenters. The fourth-order valence-electron chi connectivity index (χ4n) is 2.91. The van der Waals surface area contributed by atoms with Gasteiger partial charge in [-0.05, 0) is 38.1 Å². The number of aliphatic imine (C=N–C) groups is 1. The van der Waals surface area contributed by atoms with Crippen molar-refractivity contribution in [3.63, 3.8) is 0 Å². The molecule has 1 aliphatic heterocycles. The lowest BCUT2D eigenvalue weighted by atomic mass is 10.0. The highest BCUT2D eigenvalue weighted by atomic mass is 127. The SMILES string of the molecule is CN=C(NCCSC)NCC(C(C)C)N1CCCCCC1.I. The second-order valence-electron chi connectivity index (χ2n) is 6.13. The first kappa shape index (κ1) is 22.3. The largest absolute Gasteiger partial charge is 0.356 e. The Hall–Kier alpha value is 0.310. The van der Waals surface area contributed by atoms with E-state index in [9.17, 15) is 0 Å². The zero-order valence-electron chi connectivity index (χ0n) is 14.7. The van der Waals surface area contributed by atoms with E-state index in [1.54, 1.807) is 0 Å². The summed E-state index contributed by atoms with van der Waals surface area (Å²) in [6, 6.07) is 0.599. The lowest BCUT2D eigenvalue weighted by Gasteiger charge is -2.34. The van der Waals surface area contributed by atoms with Crippen molar-refractivity contribution in [2.75, 3.05) is 45.2 Å². The first-order chi connectivity index (χ1) is 10.2. The summed E-state index contributed by atoms with van der Waals surface area (Å²) in [7, 11) is 1.85. The maximum atomic E-state index is 4.32. The molecule has 1 aliphatic rings. The Morgan fingerprint density at radius 1 is 1.14 bits per heavy atom. The smallest absolute Gasteiger partial charge is 0.191 e. The summed E-state index contributed by atoms with van der Waals surface area (Å²) in [5.74, 6) is 2.71. The number of nitrogens with one attached hydrogen (secondary N) is 2. The predicted molar refractivity (Wildman–Crippen MR) is 112 cm³/mol. The molecule has 0 aromatic carbocycles. The van der Waals surface area contributed by atoms with Crippen LogP contribution in [-0.2, 0) is 0 Å². The van der Waals surface area contributed by atoms with Crippen molar-refractivity contribution in [3.8, 4) is 0 Å². The number of nitrogens with zero attached hydrogens (tertiary/aromatic N) is 2. The third kappa shape index (κ3) is 8.82. The molecule has 0 amide bonds. The highest BCUT2D eigenvalue weighted by molar-refractivity contribution is 14.0. The first-order valence-corrected chi connectivity index (χ1v) is 9.76. The highest BCUT2D eigenvalue weighted by Crippen LogP contribution is 2.16. The van der Waals surface area contributed by atoms with Crippen LogP contribution in [0.25, 0.3) is 0 Å². The van der Waals surface area contributed by atoms with Crippen molar-refractivity contribution in [2.24, 2.45) is 10.9 Å². The van der Waals surface area contributed by atoms with Gasteiger partial charge in [-0.15, -0.1) is 24.0 Å². The monoisotopic (exact) mass is 442 g/mol. The van der Waals surface area contributed by atoms with Gasteiger partial charge in [-0.1, -0.05) is 26.7 Å². The van der Waals surface area contributed by atoms with Gasteiger partial charge in [-0.3, -0.25) is 9.89 Å². The van der Waals surface area contributed by atoms with Crippen molar-refractivity contribution in [2.45, 2.75) is 45.6 Å². The van der Waals surface area contributed by atoms with E-state index in [1.807, 2.05) is 18.8 Å². The summed E-state index contributed by atoms with van der Waals surface area (Å²) in [6.07, 6.45) is 7.62. The molecule has 4 nitrogen and oxygen atoms in total. The van der Waals surface area contributed by atoms with Crippen molar-refractivity contribution >= 4 is 41.7 Å². The van der Waals surface area contributed by atoms with E-state index in [-0.39, 0.29) is 24.0 Å². The number of hydrogen-bond donors (Lipinski definition) is 2. The Bertz CT molecular complexity index is 292. The second-order valence-corrected chi connectivity index (χ2v) is 7.12. The number of hydrogen-bond acceptors (Lipinski definition) is 3. The van der Waals surface area contributed by atoms with Gasteiger partial charge >= 0.3 is 0 Å². The van der Waals surface area contributed by atoms with Crippen molar-refractivity contribution in [1.82, 2.24) is 15.5 Å². The number of rotatable bonds is 7. The fraction of sp³-hybridized carbons (Fsp3) is 0.938. The number of likely N-dealkylation sites (tertiary alicyclic amines) is 1. The minimum Gasteiger partial charge on any atom is -0.356 e. The van der Waals surface area contributed by atoms with E-state index >= 15 is 0 Å². The summed E-state index contributed by atoms with van der Waals surface area (Å²) < 4.78 is 0. The number of halogens is 1. The maximum absolute atomic E-state index is 4.32. The Morgan fingerprint density at radius 3 is 2.27 bits per heavy atom. The summed E-state index contributed by atoms with van der Waals surface area (Å²) in [4.78, 5) is 7.00.